The summed E-state index contributed by atoms with van der Waals surface area (Å²) in [6.07, 6.45) is 6.04. The van der Waals surface area contributed by atoms with E-state index in [1.165, 1.54) is 10.9 Å². The van der Waals surface area contributed by atoms with Crippen LogP contribution in [0.4, 0.5) is 0 Å². The fraction of sp³-hybridized carbons (Fsp3) is 0.553. The van der Waals surface area contributed by atoms with Crippen LogP contribution in [0.15, 0.2) is 54.7 Å². The second-order valence-electron chi connectivity index (χ2n) is 16.0. The third kappa shape index (κ3) is 8.39. The lowest BCUT2D eigenvalue weighted by atomic mass is 9.86. The van der Waals surface area contributed by atoms with E-state index >= 15 is 0 Å². The van der Waals surface area contributed by atoms with Crippen LogP contribution in [0.2, 0.25) is 18.1 Å². The number of piperidine rings is 1. The van der Waals surface area contributed by atoms with Crippen molar-refractivity contribution in [2.75, 3.05) is 20.1 Å². The van der Waals surface area contributed by atoms with Crippen LogP contribution in [-0.2, 0) is 22.4 Å². The minimum atomic E-state index is -1.92. The van der Waals surface area contributed by atoms with Crippen molar-refractivity contribution in [2.45, 2.75) is 116 Å². The fourth-order valence-corrected chi connectivity index (χ4v) is 7.74. The zero-order chi connectivity index (χ0) is 34.9. The number of nitrogens with one attached hydrogen (secondary N) is 1. The summed E-state index contributed by atoms with van der Waals surface area (Å²) in [7, 11) is 0.282. The van der Waals surface area contributed by atoms with E-state index in [0.717, 1.165) is 72.8 Å². The summed E-state index contributed by atoms with van der Waals surface area (Å²) in [5, 5.41) is 6.23. The zero-order valence-corrected chi connectivity index (χ0v) is 32.6. The number of nitrogens with zero attached hydrogens (tertiary/aromatic N) is 5. The van der Waals surface area contributed by atoms with Crippen LogP contribution in [0.1, 0.15) is 103 Å². The van der Waals surface area contributed by atoms with E-state index in [-0.39, 0.29) is 15.8 Å². The topological polar surface area (TPSA) is 91.2 Å². The van der Waals surface area contributed by atoms with Gasteiger partial charge in [0.15, 0.2) is 14.1 Å². The molecule has 3 aromatic heterocycles. The number of likely N-dealkylation sites (tertiary alicyclic amines) is 1. The van der Waals surface area contributed by atoms with Crippen LogP contribution in [0, 0.1) is 0 Å². The van der Waals surface area contributed by atoms with Gasteiger partial charge in [-0.2, -0.15) is 5.10 Å². The molecule has 4 aromatic rings. The molecule has 0 spiro atoms. The minimum absolute atomic E-state index is 0.0990. The van der Waals surface area contributed by atoms with Gasteiger partial charge >= 0.3 is 0 Å². The van der Waals surface area contributed by atoms with Crippen molar-refractivity contribution in [2.24, 2.45) is 0 Å². The number of aromatic nitrogens is 4. The highest BCUT2D eigenvalue weighted by molar-refractivity contribution is 7.90. The first-order valence-electron chi connectivity index (χ1n) is 17.5. The SMILES string of the molecule is CCC[C@H](N[S+]([O-])C(C)(C)C)c1cccc(-c2cc(C3CCN(C)CC3)c3cnn(-c4cccc(CO[Si](C)(C)C(C)(C)C)n4)c3c2)n1. The number of rotatable bonds is 11. The molecule has 0 amide bonds. The molecule has 1 aliphatic rings. The van der Waals surface area contributed by atoms with Gasteiger partial charge in [0, 0.05) is 22.3 Å². The lowest BCUT2D eigenvalue weighted by Crippen LogP contribution is -2.41. The molecule has 2 atom stereocenters. The van der Waals surface area contributed by atoms with Crippen molar-refractivity contribution < 1.29 is 8.98 Å². The molecule has 1 N–H and O–H groups in total. The van der Waals surface area contributed by atoms with Crippen LogP contribution in [-0.4, -0.2) is 62.4 Å². The van der Waals surface area contributed by atoms with E-state index in [4.69, 9.17) is 19.5 Å². The van der Waals surface area contributed by atoms with E-state index in [0.29, 0.717) is 12.5 Å². The van der Waals surface area contributed by atoms with Gasteiger partial charge in [0.1, 0.15) is 4.75 Å². The zero-order valence-electron chi connectivity index (χ0n) is 30.8. The van der Waals surface area contributed by atoms with Crippen molar-refractivity contribution >= 4 is 30.6 Å². The summed E-state index contributed by atoms with van der Waals surface area (Å²) in [6.45, 7) is 22.1. The Kier molecular flexibility index (Phi) is 11.2. The second kappa shape index (κ2) is 14.7. The van der Waals surface area contributed by atoms with Gasteiger partial charge in [0.05, 0.1) is 41.4 Å². The lowest BCUT2D eigenvalue weighted by Gasteiger charge is -2.36. The number of pyridine rings is 2. The molecule has 0 saturated carbocycles. The molecule has 0 aliphatic carbocycles. The van der Waals surface area contributed by atoms with Crippen LogP contribution in [0.3, 0.4) is 0 Å². The molecular weight excluding hydrogens is 633 g/mol. The molecule has 1 saturated heterocycles. The number of hydrogen-bond donors (Lipinski definition) is 1. The molecule has 5 rings (SSSR count). The van der Waals surface area contributed by atoms with Crippen molar-refractivity contribution in [3.05, 3.63) is 71.7 Å². The molecule has 4 heterocycles. The Hall–Kier alpha value is -2.60. The highest BCUT2D eigenvalue weighted by Crippen LogP contribution is 2.38. The van der Waals surface area contributed by atoms with E-state index in [1.54, 1.807) is 0 Å². The Balaban J connectivity index is 1.56. The molecule has 1 fully saturated rings. The van der Waals surface area contributed by atoms with Gasteiger partial charge in [0.2, 0.25) is 0 Å². The molecule has 0 bridgehead atoms. The predicted molar refractivity (Wildman–Crippen MR) is 202 cm³/mol. The molecule has 8 nitrogen and oxygen atoms in total. The van der Waals surface area contributed by atoms with E-state index in [2.05, 4.69) is 93.9 Å². The monoisotopic (exact) mass is 688 g/mol. The number of benzene rings is 1. The third-order valence-corrected chi connectivity index (χ3v) is 16.2. The van der Waals surface area contributed by atoms with E-state index in [9.17, 15) is 4.55 Å². The molecule has 48 heavy (non-hydrogen) atoms. The van der Waals surface area contributed by atoms with Crippen molar-refractivity contribution in [1.29, 1.82) is 0 Å². The molecular formula is C38H56N6O2SSi. The summed E-state index contributed by atoms with van der Waals surface area (Å²) in [5.41, 5.74) is 6.14. The Morgan fingerprint density at radius 3 is 2.40 bits per heavy atom. The van der Waals surface area contributed by atoms with Gasteiger partial charge in [-0.3, -0.25) is 4.98 Å². The number of fused-ring (bicyclic) bond motifs is 1. The fourth-order valence-electron chi connectivity index (χ4n) is 5.95. The van der Waals surface area contributed by atoms with Crippen molar-refractivity contribution in [3.8, 4) is 17.1 Å². The van der Waals surface area contributed by atoms with Crippen molar-refractivity contribution in [3.63, 3.8) is 0 Å². The number of hydrogen-bond acceptors (Lipinski definition) is 7. The largest absolute Gasteiger partial charge is 0.598 e. The van der Waals surface area contributed by atoms with E-state index in [1.807, 2.05) is 43.8 Å². The molecule has 0 radical (unpaired) electrons. The maximum absolute atomic E-state index is 13.1. The first-order chi connectivity index (χ1) is 22.6. The smallest absolute Gasteiger partial charge is 0.192 e. The quantitative estimate of drug-likeness (QED) is 0.125. The maximum Gasteiger partial charge on any atom is 0.192 e. The maximum atomic E-state index is 13.1. The summed E-state index contributed by atoms with van der Waals surface area (Å²) < 4.78 is 24.6. The van der Waals surface area contributed by atoms with Crippen molar-refractivity contribution in [1.82, 2.24) is 29.4 Å². The summed E-state index contributed by atoms with van der Waals surface area (Å²) in [5.74, 6) is 1.22. The van der Waals surface area contributed by atoms with Gasteiger partial charge in [0.25, 0.3) is 0 Å². The minimum Gasteiger partial charge on any atom is -0.598 e. The summed E-state index contributed by atoms with van der Waals surface area (Å²) in [6, 6.07) is 16.8. The average Bonchev–Trinajstić information content (AvgIpc) is 3.47. The van der Waals surface area contributed by atoms with E-state index < -0.39 is 19.7 Å². The predicted octanol–water partition coefficient (Wildman–Crippen LogP) is 8.71. The van der Waals surface area contributed by atoms with Gasteiger partial charge in [-0.1, -0.05) is 46.2 Å². The molecule has 1 aliphatic heterocycles. The third-order valence-electron chi connectivity index (χ3n) is 10.1. The van der Waals surface area contributed by atoms with Gasteiger partial charge in [-0.15, -0.1) is 4.72 Å². The standard InChI is InChI=1S/C38H56N6O2SSi/c1-11-14-34(42-47(45)37(2,3)4)33-17-13-16-32(41-33)28-23-30(27-19-21-43(8)22-20-27)31-25-39-44(35(31)24-28)36-18-12-15-29(40-36)26-46-48(9,10)38(5,6)7/h12-13,15-18,23-25,27,34,42H,11,14,19-22,26H2,1-10H3/t34-,47?/m0/s1. The lowest BCUT2D eigenvalue weighted by molar-refractivity contribution is 0.256. The second-order valence-corrected chi connectivity index (χ2v) is 22.8. The van der Waals surface area contributed by atoms with Gasteiger partial charge in [-0.05, 0) is 126 Å². The molecule has 1 aromatic carbocycles. The summed E-state index contributed by atoms with van der Waals surface area (Å²) in [4.78, 5) is 12.7. The highest BCUT2D eigenvalue weighted by atomic mass is 32.2. The van der Waals surface area contributed by atoms with Crippen LogP contribution in [0.25, 0.3) is 28.0 Å². The van der Waals surface area contributed by atoms with Gasteiger partial charge in [-0.25, -0.2) is 9.67 Å². The van der Waals surface area contributed by atoms with Crippen LogP contribution >= 0.6 is 0 Å². The van der Waals surface area contributed by atoms with Gasteiger partial charge < -0.3 is 13.9 Å². The normalized spacial score (nSPS) is 16.8. The van der Waals surface area contributed by atoms with Crippen LogP contribution < -0.4 is 4.72 Å². The first-order valence-corrected chi connectivity index (χ1v) is 21.6. The molecule has 260 valence electrons. The average molecular weight is 689 g/mol. The van der Waals surface area contributed by atoms with Crippen LogP contribution in [0.5, 0.6) is 0 Å². The summed E-state index contributed by atoms with van der Waals surface area (Å²) >= 11 is -1.20. The highest BCUT2D eigenvalue weighted by Gasteiger charge is 2.37. The Labute approximate surface area is 292 Å². The first kappa shape index (κ1) is 36.7. The molecule has 1 unspecified atom stereocenters. The Morgan fingerprint density at radius 1 is 1.02 bits per heavy atom. The molecule has 10 heteroatoms. The Morgan fingerprint density at radius 2 is 1.73 bits per heavy atom. The Bertz CT molecular complexity index is 1690.